The van der Waals surface area contributed by atoms with Crippen LogP contribution in [0.4, 0.5) is 0 Å². The van der Waals surface area contributed by atoms with Crippen LogP contribution in [0.3, 0.4) is 0 Å². The zero-order valence-electron chi connectivity index (χ0n) is 18.8. The van der Waals surface area contributed by atoms with Crippen LogP contribution in [-0.4, -0.2) is 60.5 Å². The molecular weight excluding hydrogens is 571 g/mol. The molecule has 23 heteroatoms. The molecule has 1 fully saturated rings. The molecule has 0 aromatic carbocycles. The number of nitrogens with zero attached hydrogens (tertiary/aromatic N) is 4. The fraction of sp³-hybridized carbons (Fsp3) is 0.643. The summed E-state index contributed by atoms with van der Waals surface area (Å²) in [6.07, 6.45) is -2.88. The van der Waals surface area contributed by atoms with Crippen LogP contribution < -0.4 is 11.2 Å². The lowest BCUT2D eigenvalue weighted by molar-refractivity contribution is -0.153. The number of azide groups is 1. The highest BCUT2D eigenvalue weighted by Gasteiger charge is 2.44. The number of hydrogen-bond donors (Lipinski definition) is 5. The first-order valence-corrected chi connectivity index (χ1v) is 14.5. The summed E-state index contributed by atoms with van der Waals surface area (Å²) in [6.45, 7) is 0.447. The monoisotopic (exact) mass is 593 g/mol. The highest BCUT2D eigenvalue weighted by Crippen LogP contribution is 2.66. The summed E-state index contributed by atoms with van der Waals surface area (Å²) in [4.78, 5) is 76.7. The van der Waals surface area contributed by atoms with Gasteiger partial charge >= 0.3 is 35.1 Å². The zero-order chi connectivity index (χ0) is 28.0. The standard InChI is InChI=1S/C14H22N5O15P3/c1-8-6-19(14(22)17-13(8)21)11-5-9(32-12(20)3-2-4-16-18-15)10(31-11)7-30-36(26,27)34-37(28,29)33-35(23,24)25/h6,9-11H,2-5,7H2,1H3,(H,26,27)(H,28,29)(H,17,21,22)(H2,23,24,25)/t9-,10-,11-/m1/s1. The number of esters is 1. The Morgan fingerprint density at radius 1 is 1.24 bits per heavy atom. The Morgan fingerprint density at radius 2 is 1.92 bits per heavy atom. The minimum Gasteiger partial charge on any atom is -0.459 e. The number of phosphoric ester groups is 1. The second-order valence-electron chi connectivity index (χ2n) is 7.32. The van der Waals surface area contributed by atoms with E-state index in [1.54, 1.807) is 0 Å². The summed E-state index contributed by atoms with van der Waals surface area (Å²) >= 11 is 0. The normalized spacial score (nSPS) is 23.0. The van der Waals surface area contributed by atoms with E-state index in [-0.39, 0.29) is 31.4 Å². The van der Waals surface area contributed by atoms with Gasteiger partial charge in [-0.1, -0.05) is 5.11 Å². The van der Waals surface area contributed by atoms with Gasteiger partial charge in [-0.2, -0.15) is 8.62 Å². The summed E-state index contributed by atoms with van der Waals surface area (Å²) in [5.74, 6) is -0.796. The molecule has 0 saturated carbocycles. The smallest absolute Gasteiger partial charge is 0.459 e. The molecular formula is C14H22N5O15P3. The molecule has 0 amide bonds. The van der Waals surface area contributed by atoms with Crippen molar-refractivity contribution in [2.24, 2.45) is 5.11 Å². The molecule has 1 aliphatic heterocycles. The van der Waals surface area contributed by atoms with E-state index < -0.39 is 65.7 Å². The van der Waals surface area contributed by atoms with Crippen LogP contribution in [0.5, 0.6) is 0 Å². The molecule has 0 spiro atoms. The molecule has 5 N–H and O–H groups in total. The predicted molar refractivity (Wildman–Crippen MR) is 118 cm³/mol. The molecule has 2 unspecified atom stereocenters. The second-order valence-corrected chi connectivity index (χ2v) is 11.7. The molecule has 2 heterocycles. The maximum Gasteiger partial charge on any atom is 0.490 e. The first-order valence-electron chi connectivity index (χ1n) is 9.98. The predicted octanol–water partition coefficient (Wildman–Crippen LogP) is 0.478. The van der Waals surface area contributed by atoms with Crippen LogP contribution in [-0.2, 0) is 41.1 Å². The van der Waals surface area contributed by atoms with E-state index in [0.717, 1.165) is 10.8 Å². The molecule has 2 rings (SSSR count). The highest BCUT2D eigenvalue weighted by atomic mass is 31.3. The Hall–Kier alpha value is -2.17. The maximum atomic E-state index is 12.2. The third-order valence-electron chi connectivity index (χ3n) is 4.44. The zero-order valence-corrected chi connectivity index (χ0v) is 21.4. The quantitative estimate of drug-likeness (QED) is 0.0519. The van der Waals surface area contributed by atoms with Crippen molar-refractivity contribution in [3.05, 3.63) is 43.0 Å². The molecule has 0 aliphatic carbocycles. The highest BCUT2D eigenvalue weighted by molar-refractivity contribution is 7.66. The number of aromatic nitrogens is 2. The number of carbonyl (C=O) groups excluding carboxylic acids is 1. The van der Waals surface area contributed by atoms with Gasteiger partial charge in [0.1, 0.15) is 18.4 Å². The van der Waals surface area contributed by atoms with E-state index in [2.05, 4.69) is 23.2 Å². The SMILES string of the molecule is Cc1cn([C@H]2C[C@@H](OC(=O)CCCN=[N+]=[N-])[C@@H](COP(=O)(O)OP(=O)(O)OP(=O)(O)O)O2)c(=O)[nH]c1=O. The summed E-state index contributed by atoms with van der Waals surface area (Å²) in [5, 5.41) is 3.26. The van der Waals surface area contributed by atoms with Gasteiger partial charge in [0.15, 0.2) is 0 Å². The van der Waals surface area contributed by atoms with Gasteiger partial charge in [-0.25, -0.2) is 18.5 Å². The van der Waals surface area contributed by atoms with Crippen molar-refractivity contribution in [3.63, 3.8) is 0 Å². The summed E-state index contributed by atoms with van der Waals surface area (Å²) in [6, 6.07) is 0. The third-order valence-corrected chi connectivity index (χ3v) is 8.24. The Bertz CT molecular complexity index is 1300. The van der Waals surface area contributed by atoms with E-state index in [9.17, 15) is 37.9 Å². The Morgan fingerprint density at radius 3 is 2.54 bits per heavy atom. The number of carbonyl (C=O) groups is 1. The van der Waals surface area contributed by atoms with E-state index in [4.69, 9.17) is 24.8 Å². The molecule has 1 aromatic heterocycles. The first-order chi connectivity index (χ1) is 17.0. The number of hydrogen-bond acceptors (Lipinski definition) is 12. The van der Waals surface area contributed by atoms with E-state index in [0.29, 0.717) is 0 Å². The van der Waals surface area contributed by atoms with Crippen molar-refractivity contribution < 1.29 is 60.7 Å². The molecule has 37 heavy (non-hydrogen) atoms. The molecule has 20 nitrogen and oxygen atoms in total. The fourth-order valence-electron chi connectivity index (χ4n) is 2.98. The van der Waals surface area contributed by atoms with Crippen LogP contribution in [0.2, 0.25) is 0 Å². The number of phosphoric acid groups is 3. The molecule has 1 saturated heterocycles. The van der Waals surface area contributed by atoms with Gasteiger partial charge < -0.3 is 29.0 Å². The summed E-state index contributed by atoms with van der Waals surface area (Å²) < 4.78 is 57.9. The van der Waals surface area contributed by atoms with Crippen LogP contribution in [0, 0.1) is 6.92 Å². The molecule has 0 bridgehead atoms. The van der Waals surface area contributed by atoms with Gasteiger partial charge in [-0.3, -0.25) is 23.7 Å². The molecule has 208 valence electrons. The Labute approximate surface area is 206 Å². The first kappa shape index (κ1) is 31.1. The topological polar surface area (TPSA) is 299 Å². The van der Waals surface area contributed by atoms with E-state index in [1.807, 2.05) is 4.98 Å². The van der Waals surface area contributed by atoms with Crippen molar-refractivity contribution in [3.8, 4) is 0 Å². The summed E-state index contributed by atoms with van der Waals surface area (Å²) in [5.41, 5.74) is 6.86. The minimum absolute atomic E-state index is 0.00306. The Kier molecular flexibility index (Phi) is 10.6. The van der Waals surface area contributed by atoms with Crippen LogP contribution in [0.1, 0.15) is 31.1 Å². The lowest BCUT2D eigenvalue weighted by Gasteiger charge is -2.21. The molecule has 1 aromatic rings. The number of rotatable bonds is 13. The van der Waals surface area contributed by atoms with Gasteiger partial charge in [-0.15, -0.1) is 0 Å². The van der Waals surface area contributed by atoms with E-state index >= 15 is 0 Å². The fourth-order valence-corrected chi connectivity index (χ4v) is 6.01. The van der Waals surface area contributed by atoms with Gasteiger partial charge in [-0.05, 0) is 18.9 Å². The number of ether oxygens (including phenoxy) is 2. The third kappa shape index (κ3) is 10.2. The number of nitrogens with one attached hydrogen (secondary N) is 1. The maximum absolute atomic E-state index is 12.2. The molecule has 1 aliphatic rings. The van der Waals surface area contributed by atoms with Gasteiger partial charge in [0.2, 0.25) is 0 Å². The van der Waals surface area contributed by atoms with Gasteiger partial charge in [0, 0.05) is 36.1 Å². The van der Waals surface area contributed by atoms with Crippen LogP contribution in [0.25, 0.3) is 10.4 Å². The van der Waals surface area contributed by atoms with Crippen molar-refractivity contribution in [2.45, 2.75) is 44.6 Å². The average molecular weight is 593 g/mol. The Balaban J connectivity index is 2.18. The van der Waals surface area contributed by atoms with Gasteiger partial charge in [0.25, 0.3) is 5.56 Å². The van der Waals surface area contributed by atoms with Crippen molar-refractivity contribution >= 4 is 29.4 Å². The second kappa shape index (κ2) is 12.6. The van der Waals surface area contributed by atoms with Gasteiger partial charge in [0.05, 0.1) is 6.61 Å². The lowest BCUT2D eigenvalue weighted by atomic mass is 10.2. The van der Waals surface area contributed by atoms with Crippen LogP contribution >= 0.6 is 23.5 Å². The number of H-pyrrole nitrogens is 1. The largest absolute Gasteiger partial charge is 0.490 e. The molecule has 0 radical (unpaired) electrons. The van der Waals surface area contributed by atoms with Crippen molar-refractivity contribution in [1.29, 1.82) is 0 Å². The minimum atomic E-state index is -5.77. The number of aromatic amines is 1. The summed E-state index contributed by atoms with van der Waals surface area (Å²) in [7, 11) is -16.9. The number of aryl methyl sites for hydroxylation is 1. The van der Waals surface area contributed by atoms with Crippen LogP contribution in [0.15, 0.2) is 20.9 Å². The lowest BCUT2D eigenvalue weighted by Crippen LogP contribution is -2.33. The average Bonchev–Trinajstić information content (AvgIpc) is 3.12. The molecule has 5 atom stereocenters. The van der Waals surface area contributed by atoms with Crippen molar-refractivity contribution in [1.82, 2.24) is 9.55 Å². The van der Waals surface area contributed by atoms with E-state index in [1.165, 1.54) is 6.92 Å². The van der Waals surface area contributed by atoms with Crippen molar-refractivity contribution in [2.75, 3.05) is 13.2 Å².